The summed E-state index contributed by atoms with van der Waals surface area (Å²) in [6, 6.07) is 20.7. The van der Waals surface area contributed by atoms with E-state index < -0.39 is 17.7 Å². The summed E-state index contributed by atoms with van der Waals surface area (Å²) in [5.74, 6) is -1.61. The van der Waals surface area contributed by atoms with Crippen molar-refractivity contribution in [3.63, 3.8) is 0 Å². The van der Waals surface area contributed by atoms with Crippen molar-refractivity contribution in [3.8, 4) is 0 Å². The Hall–Kier alpha value is -3.37. The Kier molecular flexibility index (Phi) is 5.18. The van der Waals surface area contributed by atoms with Crippen molar-refractivity contribution in [2.45, 2.75) is 19.9 Å². The van der Waals surface area contributed by atoms with Crippen LogP contribution in [0.15, 0.2) is 78.4 Å². The molecule has 3 aromatic carbocycles. The van der Waals surface area contributed by atoms with Gasteiger partial charge >= 0.3 is 0 Å². The van der Waals surface area contributed by atoms with Crippen LogP contribution >= 0.6 is 11.6 Å². The molecule has 1 saturated heterocycles. The largest absolute Gasteiger partial charge is 0.507 e. The molecular weight excluding hydrogens is 398 g/mol. The molecule has 1 unspecified atom stereocenters. The third-order valence-corrected chi connectivity index (χ3v) is 5.66. The third-order valence-electron chi connectivity index (χ3n) is 5.43. The van der Waals surface area contributed by atoms with E-state index in [0.29, 0.717) is 16.3 Å². The summed E-state index contributed by atoms with van der Waals surface area (Å²) in [6.45, 7) is 3.91. The summed E-state index contributed by atoms with van der Waals surface area (Å²) < 4.78 is 0. The van der Waals surface area contributed by atoms with Gasteiger partial charge in [0.2, 0.25) is 0 Å². The molecule has 0 bridgehead atoms. The van der Waals surface area contributed by atoms with Crippen LogP contribution < -0.4 is 4.90 Å². The molecule has 30 heavy (non-hydrogen) atoms. The fourth-order valence-electron chi connectivity index (χ4n) is 3.72. The fourth-order valence-corrected chi connectivity index (χ4v) is 3.90. The van der Waals surface area contributed by atoms with Crippen molar-refractivity contribution in [3.05, 3.63) is 106 Å². The minimum atomic E-state index is -0.758. The first-order chi connectivity index (χ1) is 14.4. The van der Waals surface area contributed by atoms with Crippen LogP contribution in [-0.2, 0) is 9.59 Å². The second-order valence-electron chi connectivity index (χ2n) is 7.36. The van der Waals surface area contributed by atoms with Gasteiger partial charge in [0, 0.05) is 16.3 Å². The number of aliphatic hydroxyl groups excluding tert-OH is 1. The highest BCUT2D eigenvalue weighted by molar-refractivity contribution is 6.51. The second kappa shape index (κ2) is 7.81. The zero-order valence-electron chi connectivity index (χ0n) is 16.6. The van der Waals surface area contributed by atoms with Crippen molar-refractivity contribution in [2.24, 2.45) is 0 Å². The fraction of sp³-hybridized carbons (Fsp3) is 0.120. The Morgan fingerprint density at radius 1 is 0.900 bits per heavy atom. The molecule has 150 valence electrons. The van der Waals surface area contributed by atoms with E-state index in [2.05, 4.69) is 0 Å². The van der Waals surface area contributed by atoms with E-state index in [-0.39, 0.29) is 11.3 Å². The number of amides is 1. The molecule has 0 aromatic heterocycles. The van der Waals surface area contributed by atoms with Crippen LogP contribution in [0.3, 0.4) is 0 Å². The highest BCUT2D eigenvalue weighted by atomic mass is 35.5. The predicted molar refractivity (Wildman–Crippen MR) is 119 cm³/mol. The topological polar surface area (TPSA) is 57.6 Å². The summed E-state index contributed by atoms with van der Waals surface area (Å²) in [4.78, 5) is 27.5. The summed E-state index contributed by atoms with van der Waals surface area (Å²) in [6.07, 6.45) is 0. The molecule has 1 atom stereocenters. The monoisotopic (exact) mass is 417 g/mol. The van der Waals surface area contributed by atoms with Gasteiger partial charge in [-0.15, -0.1) is 0 Å². The molecule has 5 heteroatoms. The van der Waals surface area contributed by atoms with E-state index in [4.69, 9.17) is 11.6 Å². The van der Waals surface area contributed by atoms with Crippen LogP contribution in [0.5, 0.6) is 0 Å². The Bertz CT molecular complexity index is 1180. The van der Waals surface area contributed by atoms with E-state index in [9.17, 15) is 14.7 Å². The molecule has 3 aromatic rings. The normalized spacial score (nSPS) is 18.1. The third kappa shape index (κ3) is 3.40. The maximum Gasteiger partial charge on any atom is 0.300 e. The molecule has 1 aliphatic rings. The number of aryl methyl sites for hydroxylation is 2. The lowest BCUT2D eigenvalue weighted by molar-refractivity contribution is -0.132. The van der Waals surface area contributed by atoms with Crippen LogP contribution in [0, 0.1) is 13.8 Å². The van der Waals surface area contributed by atoms with Gasteiger partial charge in [-0.25, -0.2) is 0 Å². The van der Waals surface area contributed by atoms with Gasteiger partial charge in [0.15, 0.2) is 0 Å². The molecule has 0 aliphatic carbocycles. The Morgan fingerprint density at radius 3 is 2.30 bits per heavy atom. The molecule has 4 rings (SSSR count). The van der Waals surface area contributed by atoms with Gasteiger partial charge in [-0.1, -0.05) is 60.1 Å². The van der Waals surface area contributed by atoms with E-state index in [1.807, 2.05) is 56.3 Å². The quantitative estimate of drug-likeness (QED) is 0.343. The highest BCUT2D eigenvalue weighted by Crippen LogP contribution is 2.42. The standard InChI is InChI=1S/C25H20ClNO3/c1-15-11-12-18(13-16(15)2)23(28)21-22(17-7-4-3-5-8-17)27(25(30)24(21)29)20-10-6-9-19(26)14-20/h3-14,22,28H,1-2H3/b23-21+. The van der Waals surface area contributed by atoms with Gasteiger partial charge in [-0.2, -0.15) is 0 Å². The number of aliphatic hydroxyl groups is 1. The maximum absolute atomic E-state index is 13.1. The lowest BCUT2D eigenvalue weighted by Crippen LogP contribution is -2.29. The van der Waals surface area contributed by atoms with Gasteiger partial charge in [-0.3, -0.25) is 14.5 Å². The van der Waals surface area contributed by atoms with Gasteiger partial charge in [-0.05, 0) is 54.8 Å². The number of carbonyl (C=O) groups excluding carboxylic acids is 2. The molecule has 0 saturated carbocycles. The number of nitrogens with zero attached hydrogens (tertiary/aromatic N) is 1. The number of hydrogen-bond donors (Lipinski definition) is 1. The van der Waals surface area contributed by atoms with E-state index in [1.54, 1.807) is 30.3 Å². The van der Waals surface area contributed by atoms with Gasteiger partial charge < -0.3 is 5.11 Å². The van der Waals surface area contributed by atoms with Crippen molar-refractivity contribution < 1.29 is 14.7 Å². The number of rotatable bonds is 3. The molecule has 0 spiro atoms. The van der Waals surface area contributed by atoms with Crippen molar-refractivity contribution in [1.82, 2.24) is 0 Å². The average Bonchev–Trinajstić information content (AvgIpc) is 3.01. The molecule has 1 amide bonds. The molecule has 0 radical (unpaired) electrons. The van der Waals surface area contributed by atoms with Gasteiger partial charge in [0.05, 0.1) is 11.6 Å². The zero-order valence-corrected chi connectivity index (χ0v) is 17.4. The zero-order chi connectivity index (χ0) is 21.4. The maximum atomic E-state index is 13.1. The molecule has 1 aliphatic heterocycles. The lowest BCUT2D eigenvalue weighted by Gasteiger charge is -2.25. The minimum absolute atomic E-state index is 0.0643. The summed E-state index contributed by atoms with van der Waals surface area (Å²) in [5.41, 5.74) is 3.85. The van der Waals surface area contributed by atoms with Crippen molar-refractivity contribution in [2.75, 3.05) is 4.90 Å². The summed E-state index contributed by atoms with van der Waals surface area (Å²) >= 11 is 6.14. The number of ketones is 1. The first-order valence-electron chi connectivity index (χ1n) is 9.57. The number of hydrogen-bond acceptors (Lipinski definition) is 3. The van der Waals surface area contributed by atoms with Crippen LogP contribution in [0.2, 0.25) is 5.02 Å². The molecule has 1 heterocycles. The van der Waals surface area contributed by atoms with Crippen LogP contribution in [0.25, 0.3) is 5.76 Å². The first kappa shape index (κ1) is 19.9. The smallest absolute Gasteiger partial charge is 0.300 e. The Labute approximate surface area is 180 Å². The highest BCUT2D eigenvalue weighted by Gasteiger charge is 2.46. The molecule has 1 fully saturated rings. The number of halogens is 1. The number of benzene rings is 3. The number of Topliss-reactive ketones (excluding diaryl/α,β-unsaturated/α-hetero) is 1. The van der Waals surface area contributed by atoms with Crippen LogP contribution in [0.1, 0.15) is 28.3 Å². The second-order valence-corrected chi connectivity index (χ2v) is 7.80. The first-order valence-corrected chi connectivity index (χ1v) is 9.95. The van der Waals surface area contributed by atoms with E-state index in [0.717, 1.165) is 16.7 Å². The van der Waals surface area contributed by atoms with Crippen molar-refractivity contribution in [1.29, 1.82) is 0 Å². The Morgan fingerprint density at radius 2 is 1.63 bits per heavy atom. The number of anilines is 1. The number of carbonyl (C=O) groups is 2. The molecular formula is C25H20ClNO3. The lowest BCUT2D eigenvalue weighted by atomic mass is 9.94. The summed E-state index contributed by atoms with van der Waals surface area (Å²) in [7, 11) is 0. The van der Waals surface area contributed by atoms with Crippen LogP contribution in [-0.4, -0.2) is 16.8 Å². The minimum Gasteiger partial charge on any atom is -0.507 e. The van der Waals surface area contributed by atoms with Crippen molar-refractivity contribution >= 4 is 34.7 Å². The van der Waals surface area contributed by atoms with Gasteiger partial charge in [0.1, 0.15) is 5.76 Å². The molecule has 1 N–H and O–H groups in total. The predicted octanol–water partition coefficient (Wildman–Crippen LogP) is 5.58. The summed E-state index contributed by atoms with van der Waals surface area (Å²) in [5, 5.41) is 11.6. The average molecular weight is 418 g/mol. The SMILES string of the molecule is Cc1ccc(/C(O)=C2\C(=O)C(=O)N(c3cccc(Cl)c3)C2c2ccccc2)cc1C. The Balaban J connectivity index is 1.95. The molecule has 4 nitrogen and oxygen atoms in total. The van der Waals surface area contributed by atoms with E-state index in [1.165, 1.54) is 4.90 Å². The van der Waals surface area contributed by atoms with Gasteiger partial charge in [0.25, 0.3) is 11.7 Å². The van der Waals surface area contributed by atoms with Crippen LogP contribution in [0.4, 0.5) is 5.69 Å². The van der Waals surface area contributed by atoms with E-state index >= 15 is 0 Å².